The summed E-state index contributed by atoms with van der Waals surface area (Å²) in [5, 5.41) is 14.9. The lowest BCUT2D eigenvalue weighted by Crippen LogP contribution is -2.36. The molecule has 4 N–H and O–H groups in total. The maximum atomic E-state index is 12.7. The van der Waals surface area contributed by atoms with Crippen LogP contribution in [0.3, 0.4) is 0 Å². The summed E-state index contributed by atoms with van der Waals surface area (Å²) in [4.78, 5) is 12.7. The molecule has 6 nitrogen and oxygen atoms in total. The molecule has 0 unspecified atom stereocenters. The molecular formula is C19H23N3O3. The van der Waals surface area contributed by atoms with Gasteiger partial charge in [-0.15, -0.1) is 0 Å². The molecule has 25 heavy (non-hydrogen) atoms. The van der Waals surface area contributed by atoms with Gasteiger partial charge in [0.1, 0.15) is 11.7 Å². The number of aryl methyl sites for hydroxylation is 2. The lowest BCUT2D eigenvalue weighted by Gasteiger charge is -2.17. The second kappa shape index (κ2) is 8.19. The Balaban J connectivity index is 2.21. The quantitative estimate of drug-likeness (QED) is 0.326. The minimum absolute atomic E-state index is 0.126. The lowest BCUT2D eigenvalue weighted by molar-refractivity contribution is -0.118. The zero-order chi connectivity index (χ0) is 18.4. The molecule has 0 heterocycles. The van der Waals surface area contributed by atoms with Crippen LogP contribution in [-0.2, 0) is 11.2 Å². The summed E-state index contributed by atoms with van der Waals surface area (Å²) in [6, 6.07) is 13.1. The molecule has 1 atom stereocenters. The van der Waals surface area contributed by atoms with Crippen molar-refractivity contribution >= 4 is 17.4 Å². The smallest absolute Gasteiger partial charge is 0.235 e. The van der Waals surface area contributed by atoms with E-state index in [2.05, 4.69) is 10.5 Å². The summed E-state index contributed by atoms with van der Waals surface area (Å²) >= 11 is 0. The van der Waals surface area contributed by atoms with Crippen molar-refractivity contribution in [2.75, 3.05) is 12.4 Å². The molecule has 0 aromatic heterocycles. The molecule has 132 valence electrons. The van der Waals surface area contributed by atoms with E-state index in [4.69, 9.17) is 15.7 Å². The van der Waals surface area contributed by atoms with Crippen molar-refractivity contribution in [1.29, 1.82) is 0 Å². The van der Waals surface area contributed by atoms with Crippen molar-refractivity contribution in [1.82, 2.24) is 0 Å². The van der Waals surface area contributed by atoms with Crippen LogP contribution >= 0.6 is 0 Å². The first kappa shape index (κ1) is 18.3. The highest BCUT2D eigenvalue weighted by molar-refractivity contribution is 6.08. The summed E-state index contributed by atoms with van der Waals surface area (Å²) in [6.45, 7) is 3.87. The van der Waals surface area contributed by atoms with Crippen LogP contribution in [0.25, 0.3) is 0 Å². The first-order valence-corrected chi connectivity index (χ1v) is 7.93. The van der Waals surface area contributed by atoms with Crippen LogP contribution < -0.4 is 15.8 Å². The van der Waals surface area contributed by atoms with Gasteiger partial charge in [-0.25, -0.2) is 0 Å². The number of amides is 1. The molecule has 2 rings (SSSR count). The first-order valence-electron chi connectivity index (χ1n) is 7.93. The van der Waals surface area contributed by atoms with Crippen LogP contribution in [0.5, 0.6) is 5.75 Å². The van der Waals surface area contributed by atoms with E-state index in [1.165, 1.54) is 0 Å². The zero-order valence-corrected chi connectivity index (χ0v) is 14.6. The number of rotatable bonds is 6. The zero-order valence-electron chi connectivity index (χ0n) is 14.6. The Morgan fingerprint density at radius 1 is 1.24 bits per heavy atom. The lowest BCUT2D eigenvalue weighted by atomic mass is 9.97. The van der Waals surface area contributed by atoms with Gasteiger partial charge < -0.3 is 21.0 Å². The molecule has 0 radical (unpaired) electrons. The molecule has 6 heteroatoms. The Morgan fingerprint density at radius 2 is 1.92 bits per heavy atom. The fourth-order valence-corrected chi connectivity index (χ4v) is 2.49. The molecule has 0 bridgehead atoms. The normalized spacial score (nSPS) is 12.5. The molecule has 0 aliphatic heterocycles. The van der Waals surface area contributed by atoms with Crippen LogP contribution in [0.15, 0.2) is 47.6 Å². The number of anilines is 1. The van der Waals surface area contributed by atoms with Gasteiger partial charge in [0.05, 0.1) is 7.11 Å². The number of carbonyl (C=O) groups is 1. The molecule has 1 amide bonds. The highest BCUT2D eigenvalue weighted by Gasteiger charge is 2.24. The number of ether oxygens (including phenoxy) is 1. The molecule has 0 saturated carbocycles. The molecule has 0 aliphatic rings. The van der Waals surface area contributed by atoms with Crippen LogP contribution in [0, 0.1) is 19.8 Å². The largest absolute Gasteiger partial charge is 0.497 e. The fourth-order valence-electron chi connectivity index (χ4n) is 2.49. The van der Waals surface area contributed by atoms with E-state index in [9.17, 15) is 4.79 Å². The number of amidine groups is 1. The number of nitrogens with two attached hydrogens (primary N) is 1. The number of hydrogen-bond donors (Lipinski definition) is 3. The minimum atomic E-state index is -0.779. The van der Waals surface area contributed by atoms with E-state index >= 15 is 0 Å². The van der Waals surface area contributed by atoms with Crippen molar-refractivity contribution in [2.45, 2.75) is 20.3 Å². The Bertz CT molecular complexity index is 770. The molecule has 0 saturated heterocycles. The Hall–Kier alpha value is -3.02. The van der Waals surface area contributed by atoms with Gasteiger partial charge in [-0.3, -0.25) is 4.79 Å². The molecule has 0 fully saturated rings. The van der Waals surface area contributed by atoms with Crippen LogP contribution in [0.1, 0.15) is 16.7 Å². The monoisotopic (exact) mass is 341 g/mol. The number of nitrogens with zero attached hydrogens (tertiary/aromatic N) is 1. The Morgan fingerprint density at radius 3 is 2.52 bits per heavy atom. The van der Waals surface area contributed by atoms with Crippen LogP contribution in [0.4, 0.5) is 5.69 Å². The molecule has 0 spiro atoms. The summed E-state index contributed by atoms with van der Waals surface area (Å²) in [5.41, 5.74) is 9.34. The number of hydrogen-bond acceptors (Lipinski definition) is 4. The average Bonchev–Trinajstić information content (AvgIpc) is 2.62. The van der Waals surface area contributed by atoms with Crippen LogP contribution in [0.2, 0.25) is 0 Å². The minimum Gasteiger partial charge on any atom is -0.497 e. The van der Waals surface area contributed by atoms with Gasteiger partial charge in [0, 0.05) is 5.69 Å². The number of methoxy groups -OCH3 is 1. The van der Waals surface area contributed by atoms with E-state index in [0.29, 0.717) is 6.42 Å². The Kier molecular flexibility index (Phi) is 6.00. The molecule has 2 aromatic carbocycles. The van der Waals surface area contributed by atoms with E-state index in [1.54, 1.807) is 19.2 Å². The summed E-state index contributed by atoms with van der Waals surface area (Å²) < 4.78 is 5.13. The molecule has 0 aliphatic carbocycles. The number of oxime groups is 1. The first-order chi connectivity index (χ1) is 11.9. The SMILES string of the molecule is COc1ccc(C[C@H](C(=O)Nc2cc(C)ccc2C)/C(N)=N\O)cc1. The summed E-state index contributed by atoms with van der Waals surface area (Å²) in [7, 11) is 1.59. The van der Waals surface area contributed by atoms with E-state index in [1.807, 2.05) is 44.2 Å². The summed E-state index contributed by atoms with van der Waals surface area (Å²) in [5.74, 6) is -0.499. The number of carbonyl (C=O) groups excluding carboxylic acids is 1. The maximum absolute atomic E-state index is 12.7. The van der Waals surface area contributed by atoms with Crippen molar-refractivity contribution in [3.05, 3.63) is 59.2 Å². The van der Waals surface area contributed by atoms with E-state index in [0.717, 1.165) is 28.1 Å². The van der Waals surface area contributed by atoms with Crippen LogP contribution in [-0.4, -0.2) is 24.1 Å². The Labute approximate surface area is 147 Å². The van der Waals surface area contributed by atoms with E-state index < -0.39 is 5.92 Å². The standard InChI is InChI=1S/C19H23N3O3/c1-12-4-5-13(2)17(10-12)21-19(23)16(18(20)22-24)11-14-6-8-15(25-3)9-7-14/h4-10,16,24H,11H2,1-3H3,(H2,20,22)(H,21,23)/t16-/m0/s1. The van der Waals surface area contributed by atoms with Gasteiger partial charge in [-0.05, 0) is 55.2 Å². The average molecular weight is 341 g/mol. The third-order valence-electron chi connectivity index (χ3n) is 4.04. The fraction of sp³-hybridized carbons (Fsp3) is 0.263. The van der Waals surface area contributed by atoms with Gasteiger partial charge in [0.15, 0.2) is 5.84 Å². The number of nitrogens with one attached hydrogen (secondary N) is 1. The highest BCUT2D eigenvalue weighted by Crippen LogP contribution is 2.20. The van der Waals surface area contributed by atoms with Crippen molar-refractivity contribution in [2.24, 2.45) is 16.8 Å². The van der Waals surface area contributed by atoms with Crippen molar-refractivity contribution in [3.8, 4) is 5.75 Å². The second-order valence-electron chi connectivity index (χ2n) is 5.94. The predicted molar refractivity (Wildman–Crippen MR) is 98.1 cm³/mol. The topological polar surface area (TPSA) is 96.9 Å². The van der Waals surface area contributed by atoms with Gasteiger partial charge in [-0.1, -0.05) is 29.4 Å². The molecular weight excluding hydrogens is 318 g/mol. The van der Waals surface area contributed by atoms with Crippen molar-refractivity contribution < 1.29 is 14.7 Å². The maximum Gasteiger partial charge on any atom is 0.235 e. The van der Waals surface area contributed by atoms with Gasteiger partial charge in [-0.2, -0.15) is 0 Å². The third-order valence-corrected chi connectivity index (χ3v) is 4.04. The third kappa shape index (κ3) is 4.73. The van der Waals surface area contributed by atoms with Gasteiger partial charge in [0.25, 0.3) is 0 Å². The van der Waals surface area contributed by atoms with E-state index in [-0.39, 0.29) is 11.7 Å². The molecule has 2 aromatic rings. The van der Waals surface area contributed by atoms with Crippen molar-refractivity contribution in [3.63, 3.8) is 0 Å². The second-order valence-corrected chi connectivity index (χ2v) is 5.94. The predicted octanol–water partition coefficient (Wildman–Crippen LogP) is 2.86. The van der Waals surface area contributed by atoms with Gasteiger partial charge in [0.2, 0.25) is 5.91 Å². The summed E-state index contributed by atoms with van der Waals surface area (Å²) in [6.07, 6.45) is 0.316. The van der Waals surface area contributed by atoms with Gasteiger partial charge >= 0.3 is 0 Å². The highest BCUT2D eigenvalue weighted by atomic mass is 16.5. The number of benzene rings is 2.